The topological polar surface area (TPSA) is 65.0 Å². The summed E-state index contributed by atoms with van der Waals surface area (Å²) in [6.07, 6.45) is 1.73. The summed E-state index contributed by atoms with van der Waals surface area (Å²) in [5.74, 6) is -0.433. The van der Waals surface area contributed by atoms with Crippen LogP contribution in [0.15, 0.2) is 0 Å². The summed E-state index contributed by atoms with van der Waals surface area (Å²) in [5, 5.41) is 10.1. The van der Waals surface area contributed by atoms with Crippen LogP contribution in [0.1, 0.15) is 25.7 Å². The van der Waals surface area contributed by atoms with Gasteiger partial charge in [-0.05, 0) is 19.3 Å². The van der Waals surface area contributed by atoms with Crippen molar-refractivity contribution in [3.05, 3.63) is 0 Å². The lowest BCUT2D eigenvalue weighted by atomic mass is 9.87. The first-order valence-corrected chi connectivity index (χ1v) is 5.52. The predicted octanol–water partition coefficient (Wildman–Crippen LogP) is 0.496. The molecule has 1 saturated heterocycles. The molecule has 0 aromatic heterocycles. The zero-order valence-corrected chi connectivity index (χ0v) is 9.90. The van der Waals surface area contributed by atoms with Gasteiger partial charge in [0, 0.05) is 13.7 Å². The van der Waals surface area contributed by atoms with E-state index in [0.29, 0.717) is 19.6 Å². The molecule has 2 atom stereocenters. The minimum absolute atomic E-state index is 0.0557. The van der Waals surface area contributed by atoms with Crippen LogP contribution in [0, 0.1) is 0 Å². The van der Waals surface area contributed by atoms with Crippen LogP contribution in [0.2, 0.25) is 0 Å². The maximum absolute atomic E-state index is 11.1. The van der Waals surface area contributed by atoms with Crippen LogP contribution in [-0.2, 0) is 19.0 Å². The molecule has 2 unspecified atom stereocenters. The first kappa shape index (κ1) is 13.4. The van der Waals surface area contributed by atoms with Crippen molar-refractivity contribution in [2.75, 3.05) is 27.4 Å². The molecular weight excluding hydrogens is 212 g/mol. The minimum Gasteiger partial charge on any atom is -0.469 e. The molecule has 1 fully saturated rings. The van der Waals surface area contributed by atoms with Gasteiger partial charge in [-0.3, -0.25) is 4.79 Å². The molecule has 1 aliphatic heterocycles. The van der Waals surface area contributed by atoms with Gasteiger partial charge in [0.2, 0.25) is 0 Å². The smallest absolute Gasteiger partial charge is 0.308 e. The number of carbonyl (C=O) groups is 1. The summed E-state index contributed by atoms with van der Waals surface area (Å²) in [6.45, 7) is 0.896. The van der Waals surface area contributed by atoms with E-state index in [4.69, 9.17) is 9.47 Å². The summed E-state index contributed by atoms with van der Waals surface area (Å²) in [7, 11) is 2.87. The van der Waals surface area contributed by atoms with Crippen molar-refractivity contribution in [2.45, 2.75) is 37.4 Å². The van der Waals surface area contributed by atoms with Gasteiger partial charge in [-0.25, -0.2) is 0 Å². The average molecular weight is 232 g/mol. The van der Waals surface area contributed by atoms with Crippen LogP contribution in [0.5, 0.6) is 0 Å². The van der Waals surface area contributed by atoms with Crippen molar-refractivity contribution >= 4 is 5.97 Å². The quantitative estimate of drug-likeness (QED) is 0.699. The number of methoxy groups -OCH3 is 2. The van der Waals surface area contributed by atoms with Crippen molar-refractivity contribution in [1.29, 1.82) is 0 Å². The Hall–Kier alpha value is -0.650. The van der Waals surface area contributed by atoms with Crippen molar-refractivity contribution in [2.24, 2.45) is 0 Å². The van der Waals surface area contributed by atoms with Crippen molar-refractivity contribution in [3.8, 4) is 0 Å². The minimum atomic E-state index is -0.875. The largest absolute Gasteiger partial charge is 0.469 e. The number of esters is 1. The van der Waals surface area contributed by atoms with Gasteiger partial charge in [-0.2, -0.15) is 0 Å². The second-order valence-electron chi connectivity index (χ2n) is 4.10. The van der Waals surface area contributed by atoms with Crippen LogP contribution in [0.4, 0.5) is 0 Å². The van der Waals surface area contributed by atoms with E-state index in [1.807, 2.05) is 0 Å². The van der Waals surface area contributed by atoms with Crippen molar-refractivity contribution < 1.29 is 24.1 Å². The fraction of sp³-hybridized carbons (Fsp3) is 0.909. The average Bonchev–Trinajstić information content (AvgIpc) is 2.30. The molecule has 0 saturated carbocycles. The van der Waals surface area contributed by atoms with Gasteiger partial charge in [0.15, 0.2) is 0 Å². The summed E-state index contributed by atoms with van der Waals surface area (Å²) in [6, 6.07) is 0. The van der Waals surface area contributed by atoms with E-state index in [0.717, 1.165) is 12.8 Å². The molecule has 1 N–H and O–H groups in total. The first-order valence-electron chi connectivity index (χ1n) is 5.52. The van der Waals surface area contributed by atoms with Crippen LogP contribution >= 0.6 is 0 Å². The van der Waals surface area contributed by atoms with Gasteiger partial charge < -0.3 is 19.3 Å². The summed E-state index contributed by atoms with van der Waals surface area (Å²) in [4.78, 5) is 11.1. The van der Waals surface area contributed by atoms with E-state index in [1.165, 1.54) is 7.11 Å². The van der Waals surface area contributed by atoms with Gasteiger partial charge in [-0.1, -0.05) is 0 Å². The molecule has 94 valence electrons. The van der Waals surface area contributed by atoms with Gasteiger partial charge in [-0.15, -0.1) is 0 Å². The fourth-order valence-corrected chi connectivity index (χ4v) is 2.02. The monoisotopic (exact) mass is 232 g/mol. The molecule has 5 nitrogen and oxygen atoms in total. The van der Waals surface area contributed by atoms with Gasteiger partial charge in [0.05, 0.1) is 26.2 Å². The molecule has 5 heteroatoms. The maximum atomic E-state index is 11.1. The number of ether oxygens (including phenoxy) is 3. The fourth-order valence-electron chi connectivity index (χ4n) is 2.02. The Labute approximate surface area is 95.7 Å². The summed E-state index contributed by atoms with van der Waals surface area (Å²) >= 11 is 0. The van der Waals surface area contributed by atoms with Gasteiger partial charge >= 0.3 is 5.97 Å². The molecule has 0 radical (unpaired) electrons. The molecule has 0 aliphatic carbocycles. The Morgan fingerprint density at radius 3 is 2.75 bits per heavy atom. The molecule has 16 heavy (non-hydrogen) atoms. The van der Waals surface area contributed by atoms with Gasteiger partial charge in [0.25, 0.3) is 0 Å². The molecule has 1 aliphatic rings. The van der Waals surface area contributed by atoms with Crippen molar-refractivity contribution in [1.82, 2.24) is 0 Å². The number of hydrogen-bond acceptors (Lipinski definition) is 5. The van der Waals surface area contributed by atoms with Gasteiger partial charge in [0.1, 0.15) is 5.60 Å². The summed E-state index contributed by atoms with van der Waals surface area (Å²) in [5.41, 5.74) is -0.749. The molecule has 0 bridgehead atoms. The number of aliphatic hydroxyl groups is 1. The van der Waals surface area contributed by atoms with Crippen LogP contribution in [0.25, 0.3) is 0 Å². The van der Waals surface area contributed by atoms with E-state index in [2.05, 4.69) is 4.74 Å². The Balaban J connectivity index is 2.63. The highest BCUT2D eigenvalue weighted by Crippen LogP contribution is 2.30. The second-order valence-corrected chi connectivity index (χ2v) is 4.10. The van der Waals surface area contributed by atoms with Crippen LogP contribution < -0.4 is 0 Å². The number of rotatable bonds is 5. The molecular formula is C11H20O5. The Morgan fingerprint density at radius 2 is 2.25 bits per heavy atom. The van der Waals surface area contributed by atoms with Crippen LogP contribution in [-0.4, -0.2) is 50.2 Å². The first-order chi connectivity index (χ1) is 7.64. The number of aliphatic hydroxyl groups excluding tert-OH is 1. The SMILES string of the molecule is COCC1(C(O)CC(=O)OC)CCCCO1. The standard InChI is InChI=1S/C11H20O5/c1-14-8-11(5-3-4-6-16-11)9(12)7-10(13)15-2/h9,12H,3-8H2,1-2H3. The second kappa shape index (κ2) is 6.18. The third-order valence-corrected chi connectivity index (χ3v) is 2.97. The number of carbonyl (C=O) groups excluding carboxylic acids is 1. The van der Waals surface area contributed by atoms with E-state index in [9.17, 15) is 9.90 Å². The van der Waals surface area contributed by atoms with Crippen LogP contribution in [0.3, 0.4) is 0 Å². The lowest BCUT2D eigenvalue weighted by Gasteiger charge is -2.40. The number of hydrogen-bond donors (Lipinski definition) is 1. The summed E-state index contributed by atoms with van der Waals surface area (Å²) < 4.78 is 15.3. The Bertz CT molecular complexity index is 217. The van der Waals surface area contributed by atoms with Crippen molar-refractivity contribution in [3.63, 3.8) is 0 Å². The molecule has 1 rings (SSSR count). The zero-order valence-electron chi connectivity index (χ0n) is 9.90. The van der Waals surface area contributed by atoms with E-state index < -0.39 is 17.7 Å². The molecule has 0 aromatic carbocycles. The normalized spacial score (nSPS) is 27.4. The molecule has 1 heterocycles. The van der Waals surface area contributed by atoms with E-state index in [-0.39, 0.29) is 6.42 Å². The van der Waals surface area contributed by atoms with E-state index >= 15 is 0 Å². The Morgan fingerprint density at radius 1 is 1.50 bits per heavy atom. The van der Waals surface area contributed by atoms with E-state index in [1.54, 1.807) is 7.11 Å². The zero-order chi connectivity index (χ0) is 12.0. The predicted molar refractivity (Wildman–Crippen MR) is 57.0 cm³/mol. The maximum Gasteiger partial charge on any atom is 0.308 e. The molecule has 0 spiro atoms. The molecule has 0 amide bonds. The lowest BCUT2D eigenvalue weighted by molar-refractivity contribution is -0.182. The highest BCUT2D eigenvalue weighted by Gasteiger charge is 2.41. The third kappa shape index (κ3) is 3.17. The third-order valence-electron chi connectivity index (χ3n) is 2.97. The highest BCUT2D eigenvalue weighted by atomic mass is 16.6. The molecule has 0 aromatic rings. The highest BCUT2D eigenvalue weighted by molar-refractivity contribution is 5.69. The Kier molecular flexibility index (Phi) is 5.18. The lowest BCUT2D eigenvalue weighted by Crippen LogP contribution is -2.51.